The SMILES string of the molecule is Cc1ccc2c(c1)[C@H](OC(=O)c1ccccc1)C(=O)N2. The predicted molar refractivity (Wildman–Crippen MR) is 74.4 cm³/mol. The van der Waals surface area contributed by atoms with Gasteiger partial charge in [-0.2, -0.15) is 0 Å². The monoisotopic (exact) mass is 267 g/mol. The Morgan fingerprint density at radius 1 is 1.15 bits per heavy atom. The first kappa shape index (κ1) is 12.4. The van der Waals surface area contributed by atoms with E-state index < -0.39 is 12.1 Å². The number of amides is 1. The molecule has 4 heteroatoms. The van der Waals surface area contributed by atoms with Crippen molar-refractivity contribution in [1.82, 2.24) is 0 Å². The van der Waals surface area contributed by atoms with Gasteiger partial charge in [0.1, 0.15) is 0 Å². The number of hydrogen-bond acceptors (Lipinski definition) is 3. The van der Waals surface area contributed by atoms with E-state index in [0.29, 0.717) is 16.8 Å². The van der Waals surface area contributed by atoms with E-state index in [9.17, 15) is 9.59 Å². The molecule has 0 unspecified atom stereocenters. The highest BCUT2D eigenvalue weighted by atomic mass is 16.5. The maximum absolute atomic E-state index is 12.0. The predicted octanol–water partition coefficient (Wildman–Crippen LogP) is 2.85. The second-order valence-electron chi connectivity index (χ2n) is 4.73. The van der Waals surface area contributed by atoms with Crippen LogP contribution in [0, 0.1) is 6.92 Å². The number of benzene rings is 2. The Balaban J connectivity index is 1.87. The number of anilines is 1. The van der Waals surface area contributed by atoms with Crippen molar-refractivity contribution >= 4 is 17.6 Å². The lowest BCUT2D eigenvalue weighted by Crippen LogP contribution is -2.18. The zero-order chi connectivity index (χ0) is 14.1. The number of esters is 1. The molecule has 0 saturated heterocycles. The number of rotatable bonds is 2. The molecule has 2 aromatic carbocycles. The lowest BCUT2D eigenvalue weighted by molar-refractivity contribution is -0.124. The van der Waals surface area contributed by atoms with E-state index in [1.807, 2.05) is 31.2 Å². The summed E-state index contributed by atoms with van der Waals surface area (Å²) in [5, 5.41) is 2.72. The first-order valence-electron chi connectivity index (χ1n) is 6.32. The van der Waals surface area contributed by atoms with E-state index in [2.05, 4.69) is 5.32 Å². The molecule has 0 aliphatic carbocycles. The van der Waals surface area contributed by atoms with Gasteiger partial charge in [-0.1, -0.05) is 29.8 Å². The van der Waals surface area contributed by atoms with E-state index in [0.717, 1.165) is 5.56 Å². The number of ether oxygens (including phenoxy) is 1. The van der Waals surface area contributed by atoms with Gasteiger partial charge in [0.2, 0.25) is 6.10 Å². The van der Waals surface area contributed by atoms with E-state index in [1.165, 1.54) is 0 Å². The minimum Gasteiger partial charge on any atom is -0.444 e. The summed E-state index contributed by atoms with van der Waals surface area (Å²) in [4.78, 5) is 24.0. The van der Waals surface area contributed by atoms with Crippen LogP contribution in [0.4, 0.5) is 5.69 Å². The highest BCUT2D eigenvalue weighted by molar-refractivity contribution is 6.03. The summed E-state index contributed by atoms with van der Waals surface area (Å²) < 4.78 is 5.34. The van der Waals surface area contributed by atoms with E-state index in [1.54, 1.807) is 24.3 Å². The second-order valence-corrected chi connectivity index (χ2v) is 4.73. The summed E-state index contributed by atoms with van der Waals surface area (Å²) in [7, 11) is 0. The van der Waals surface area contributed by atoms with Crippen molar-refractivity contribution in [2.45, 2.75) is 13.0 Å². The van der Waals surface area contributed by atoms with Gasteiger partial charge >= 0.3 is 5.97 Å². The zero-order valence-corrected chi connectivity index (χ0v) is 10.9. The van der Waals surface area contributed by atoms with E-state index in [-0.39, 0.29) is 5.91 Å². The number of fused-ring (bicyclic) bond motifs is 1. The summed E-state index contributed by atoms with van der Waals surface area (Å²) in [6, 6.07) is 14.2. The molecule has 1 atom stereocenters. The summed E-state index contributed by atoms with van der Waals surface area (Å²) in [5.41, 5.74) is 2.85. The van der Waals surface area contributed by atoms with Crippen LogP contribution in [0.3, 0.4) is 0 Å². The third-order valence-electron chi connectivity index (χ3n) is 3.22. The average Bonchev–Trinajstić information content (AvgIpc) is 2.76. The molecular formula is C16H13NO3. The molecule has 1 heterocycles. The van der Waals surface area contributed by atoms with Crippen LogP contribution in [0.15, 0.2) is 48.5 Å². The fourth-order valence-corrected chi connectivity index (χ4v) is 2.22. The number of nitrogens with one attached hydrogen (secondary N) is 1. The summed E-state index contributed by atoms with van der Waals surface area (Å²) in [6.07, 6.45) is -0.877. The Hall–Kier alpha value is -2.62. The highest BCUT2D eigenvalue weighted by Gasteiger charge is 2.34. The number of carbonyl (C=O) groups is 2. The summed E-state index contributed by atoms with van der Waals surface area (Å²) in [5.74, 6) is -0.810. The standard InChI is InChI=1S/C16H13NO3/c1-10-7-8-13-12(9-10)14(15(18)17-13)20-16(19)11-5-3-2-4-6-11/h2-9,14H,1H3,(H,17,18)/t14-/m0/s1. The largest absolute Gasteiger partial charge is 0.444 e. The van der Waals surface area contributed by atoms with E-state index in [4.69, 9.17) is 4.74 Å². The van der Waals surface area contributed by atoms with E-state index >= 15 is 0 Å². The number of aryl methyl sites for hydroxylation is 1. The fraction of sp³-hybridized carbons (Fsp3) is 0.125. The topological polar surface area (TPSA) is 55.4 Å². The van der Waals surface area contributed by atoms with Crippen LogP contribution in [0.5, 0.6) is 0 Å². The lowest BCUT2D eigenvalue weighted by atomic mass is 10.1. The summed E-state index contributed by atoms with van der Waals surface area (Å²) in [6.45, 7) is 1.93. The molecule has 4 nitrogen and oxygen atoms in total. The Bertz CT molecular complexity index is 679. The van der Waals surface area contributed by atoms with Crippen LogP contribution >= 0.6 is 0 Å². The molecule has 0 spiro atoms. The number of carbonyl (C=O) groups excluding carboxylic acids is 2. The molecule has 0 bridgehead atoms. The van der Waals surface area contributed by atoms with Crippen LogP contribution in [-0.4, -0.2) is 11.9 Å². The van der Waals surface area contributed by atoms with Gasteiger partial charge in [0.15, 0.2) is 0 Å². The molecular weight excluding hydrogens is 254 g/mol. The Kier molecular flexibility index (Phi) is 2.99. The van der Waals surface area contributed by atoms with Crippen LogP contribution in [0.25, 0.3) is 0 Å². The van der Waals surface area contributed by atoms with Gasteiger partial charge in [-0.05, 0) is 31.2 Å². The Morgan fingerprint density at radius 3 is 2.65 bits per heavy atom. The minimum atomic E-state index is -0.877. The molecule has 0 saturated carbocycles. The molecule has 1 N–H and O–H groups in total. The maximum Gasteiger partial charge on any atom is 0.339 e. The Morgan fingerprint density at radius 2 is 1.90 bits per heavy atom. The fourth-order valence-electron chi connectivity index (χ4n) is 2.22. The lowest BCUT2D eigenvalue weighted by Gasteiger charge is -2.11. The van der Waals surface area contributed by atoms with Crippen molar-refractivity contribution in [3.05, 3.63) is 65.2 Å². The smallest absolute Gasteiger partial charge is 0.339 e. The molecule has 0 aromatic heterocycles. The summed E-state index contributed by atoms with van der Waals surface area (Å²) >= 11 is 0. The zero-order valence-electron chi connectivity index (χ0n) is 10.9. The molecule has 3 rings (SSSR count). The highest BCUT2D eigenvalue weighted by Crippen LogP contribution is 2.34. The normalized spacial score (nSPS) is 16.4. The van der Waals surface area contributed by atoms with Crippen molar-refractivity contribution in [2.24, 2.45) is 0 Å². The van der Waals surface area contributed by atoms with Crippen molar-refractivity contribution in [3.8, 4) is 0 Å². The van der Waals surface area contributed by atoms with Gasteiger partial charge < -0.3 is 10.1 Å². The quantitative estimate of drug-likeness (QED) is 0.851. The number of hydrogen-bond donors (Lipinski definition) is 1. The van der Waals surface area contributed by atoms with Crippen LogP contribution in [-0.2, 0) is 9.53 Å². The maximum atomic E-state index is 12.0. The minimum absolute atomic E-state index is 0.310. The van der Waals surface area contributed by atoms with Gasteiger partial charge in [0.25, 0.3) is 5.91 Å². The molecule has 0 radical (unpaired) electrons. The van der Waals surface area contributed by atoms with Crippen molar-refractivity contribution in [1.29, 1.82) is 0 Å². The van der Waals surface area contributed by atoms with Crippen LogP contribution in [0.1, 0.15) is 27.6 Å². The first-order valence-corrected chi connectivity index (χ1v) is 6.32. The second kappa shape index (κ2) is 4.81. The van der Waals surface area contributed by atoms with Crippen LogP contribution < -0.4 is 5.32 Å². The average molecular weight is 267 g/mol. The van der Waals surface area contributed by atoms with Crippen LogP contribution in [0.2, 0.25) is 0 Å². The third kappa shape index (κ3) is 2.16. The molecule has 0 fully saturated rings. The van der Waals surface area contributed by atoms with Crippen molar-refractivity contribution < 1.29 is 14.3 Å². The first-order chi connectivity index (χ1) is 9.65. The van der Waals surface area contributed by atoms with Gasteiger partial charge in [-0.15, -0.1) is 0 Å². The molecule has 1 amide bonds. The molecule has 1 aliphatic rings. The Labute approximate surface area is 116 Å². The van der Waals surface area contributed by atoms with Gasteiger partial charge in [-0.3, -0.25) is 4.79 Å². The molecule has 20 heavy (non-hydrogen) atoms. The van der Waals surface area contributed by atoms with Crippen molar-refractivity contribution in [3.63, 3.8) is 0 Å². The van der Waals surface area contributed by atoms with Gasteiger partial charge in [-0.25, -0.2) is 4.79 Å². The molecule has 2 aromatic rings. The van der Waals surface area contributed by atoms with Gasteiger partial charge in [0, 0.05) is 11.3 Å². The molecule has 100 valence electrons. The van der Waals surface area contributed by atoms with Gasteiger partial charge in [0.05, 0.1) is 5.56 Å². The van der Waals surface area contributed by atoms with Crippen molar-refractivity contribution in [2.75, 3.05) is 5.32 Å². The third-order valence-corrected chi connectivity index (χ3v) is 3.22. The molecule has 1 aliphatic heterocycles.